The van der Waals surface area contributed by atoms with Gasteiger partial charge in [-0.05, 0) is 44.4 Å². The molecule has 1 aliphatic carbocycles. The van der Waals surface area contributed by atoms with Gasteiger partial charge in [0, 0.05) is 23.4 Å². The van der Waals surface area contributed by atoms with Crippen molar-refractivity contribution < 1.29 is 4.79 Å². The van der Waals surface area contributed by atoms with E-state index in [0.29, 0.717) is 17.4 Å². The van der Waals surface area contributed by atoms with Crippen LogP contribution in [0.4, 0.5) is 11.6 Å². The number of nitrogens with one attached hydrogen (secondary N) is 1. The molecule has 2 heterocycles. The lowest BCUT2D eigenvalue weighted by Gasteiger charge is -2.07. The number of hydrogen-bond donors (Lipinski definition) is 1. The summed E-state index contributed by atoms with van der Waals surface area (Å²) in [4.78, 5) is 26.6. The van der Waals surface area contributed by atoms with Gasteiger partial charge < -0.3 is 5.32 Å². The van der Waals surface area contributed by atoms with E-state index in [1.54, 1.807) is 30.5 Å². The highest BCUT2D eigenvalue weighted by atomic mass is 32.1. The quantitative estimate of drug-likeness (QED) is 0.624. The molecule has 6 heteroatoms. The molecule has 0 radical (unpaired) electrons. The Hall–Kier alpha value is -2.60. The highest BCUT2D eigenvalue weighted by molar-refractivity contribution is 7.15. The maximum atomic E-state index is 11.6. The van der Waals surface area contributed by atoms with Gasteiger partial charge >= 0.3 is 0 Å². The van der Waals surface area contributed by atoms with Gasteiger partial charge in [-0.3, -0.25) is 4.79 Å². The molecule has 1 aromatic carbocycles. The molecule has 0 spiro atoms. The standard InChI is InChI=1S/C20H20N4OS/c1-3-17-24-18(13-7-8-13)19(26-17)16-9-10-21-20(23-16)22-15-6-4-5-14(11-15)12(2)25/h4-6,9-11,13H,3,7-8H2,1-2H3,(H,21,22,23). The molecule has 1 fully saturated rings. The molecule has 0 aliphatic heterocycles. The Labute approximate surface area is 156 Å². The Morgan fingerprint density at radius 1 is 1.27 bits per heavy atom. The zero-order chi connectivity index (χ0) is 18.1. The van der Waals surface area contributed by atoms with E-state index in [1.165, 1.54) is 18.5 Å². The van der Waals surface area contributed by atoms with Gasteiger partial charge in [-0.25, -0.2) is 15.0 Å². The summed E-state index contributed by atoms with van der Waals surface area (Å²) in [5.74, 6) is 1.14. The number of ketones is 1. The van der Waals surface area contributed by atoms with E-state index in [1.807, 2.05) is 24.3 Å². The smallest absolute Gasteiger partial charge is 0.227 e. The van der Waals surface area contributed by atoms with Crippen molar-refractivity contribution in [1.29, 1.82) is 0 Å². The van der Waals surface area contributed by atoms with Gasteiger partial charge in [0.25, 0.3) is 0 Å². The largest absolute Gasteiger partial charge is 0.324 e. The highest BCUT2D eigenvalue weighted by Crippen LogP contribution is 2.45. The molecule has 26 heavy (non-hydrogen) atoms. The van der Waals surface area contributed by atoms with Crippen LogP contribution in [0.3, 0.4) is 0 Å². The molecule has 5 nitrogen and oxygen atoms in total. The Bertz CT molecular complexity index is 962. The minimum Gasteiger partial charge on any atom is -0.324 e. The van der Waals surface area contributed by atoms with Crippen LogP contribution >= 0.6 is 11.3 Å². The molecule has 1 saturated carbocycles. The molecule has 1 aliphatic rings. The molecule has 3 aromatic rings. The first-order valence-corrected chi connectivity index (χ1v) is 9.66. The monoisotopic (exact) mass is 364 g/mol. The second-order valence-electron chi connectivity index (χ2n) is 6.48. The van der Waals surface area contributed by atoms with Crippen LogP contribution in [0.5, 0.6) is 0 Å². The Morgan fingerprint density at radius 2 is 2.12 bits per heavy atom. The van der Waals surface area contributed by atoms with Crippen molar-refractivity contribution in [1.82, 2.24) is 15.0 Å². The SMILES string of the molecule is CCc1nc(C2CC2)c(-c2ccnc(Nc3cccc(C(C)=O)c3)n2)s1. The summed E-state index contributed by atoms with van der Waals surface area (Å²) in [5.41, 5.74) is 3.56. The summed E-state index contributed by atoms with van der Waals surface area (Å²) in [6.45, 7) is 3.69. The van der Waals surface area contributed by atoms with Crippen molar-refractivity contribution in [2.45, 2.75) is 39.0 Å². The summed E-state index contributed by atoms with van der Waals surface area (Å²) >= 11 is 1.73. The van der Waals surface area contributed by atoms with E-state index < -0.39 is 0 Å². The van der Waals surface area contributed by atoms with E-state index in [4.69, 9.17) is 9.97 Å². The summed E-state index contributed by atoms with van der Waals surface area (Å²) in [5, 5.41) is 4.36. The number of benzene rings is 1. The second-order valence-corrected chi connectivity index (χ2v) is 7.56. The van der Waals surface area contributed by atoms with Gasteiger partial charge in [0.05, 0.1) is 21.3 Å². The summed E-state index contributed by atoms with van der Waals surface area (Å²) in [7, 11) is 0. The van der Waals surface area contributed by atoms with Crippen molar-refractivity contribution in [2.24, 2.45) is 0 Å². The van der Waals surface area contributed by atoms with Crippen LogP contribution in [0.15, 0.2) is 36.5 Å². The second kappa shape index (κ2) is 6.96. The van der Waals surface area contributed by atoms with Crippen LogP contribution in [0.25, 0.3) is 10.6 Å². The number of aryl methyl sites for hydroxylation is 1. The van der Waals surface area contributed by atoms with E-state index in [2.05, 4.69) is 17.2 Å². The number of Topliss-reactive ketones (excluding diaryl/α,β-unsaturated/α-hetero) is 1. The molecule has 1 N–H and O–H groups in total. The predicted molar refractivity (Wildman–Crippen MR) is 104 cm³/mol. The summed E-state index contributed by atoms with van der Waals surface area (Å²) in [6, 6.07) is 9.31. The average molecular weight is 364 g/mol. The first kappa shape index (κ1) is 16.8. The molecule has 0 atom stereocenters. The predicted octanol–water partition coefficient (Wildman–Crippen LogP) is 4.99. The fraction of sp³-hybridized carbons (Fsp3) is 0.300. The molecule has 2 aromatic heterocycles. The van der Waals surface area contributed by atoms with Gasteiger partial charge in [0.15, 0.2) is 5.78 Å². The maximum absolute atomic E-state index is 11.6. The zero-order valence-corrected chi connectivity index (χ0v) is 15.6. The minimum atomic E-state index is 0.0362. The highest BCUT2D eigenvalue weighted by Gasteiger charge is 2.30. The molecular formula is C20H20N4OS. The number of aromatic nitrogens is 3. The normalized spacial score (nSPS) is 13.6. The van der Waals surface area contributed by atoms with Gasteiger partial charge in [0.2, 0.25) is 5.95 Å². The minimum absolute atomic E-state index is 0.0362. The van der Waals surface area contributed by atoms with Gasteiger partial charge in [-0.2, -0.15) is 0 Å². The first-order chi connectivity index (χ1) is 12.6. The van der Waals surface area contributed by atoms with Crippen molar-refractivity contribution in [3.63, 3.8) is 0 Å². The van der Waals surface area contributed by atoms with Crippen molar-refractivity contribution >= 4 is 28.8 Å². The van der Waals surface area contributed by atoms with Gasteiger partial charge in [-0.1, -0.05) is 19.1 Å². The number of rotatable bonds is 6. The van der Waals surface area contributed by atoms with Crippen LogP contribution in [0.2, 0.25) is 0 Å². The molecular weight excluding hydrogens is 344 g/mol. The van der Waals surface area contributed by atoms with Crippen LogP contribution in [-0.4, -0.2) is 20.7 Å². The Balaban J connectivity index is 1.64. The van der Waals surface area contributed by atoms with Crippen LogP contribution in [0, 0.1) is 0 Å². The van der Waals surface area contributed by atoms with E-state index in [-0.39, 0.29) is 5.78 Å². The number of anilines is 2. The topological polar surface area (TPSA) is 67.8 Å². The van der Waals surface area contributed by atoms with Crippen LogP contribution in [0.1, 0.15) is 53.7 Å². The Kier molecular flexibility index (Phi) is 4.51. The number of nitrogens with zero attached hydrogens (tertiary/aromatic N) is 3. The third-order valence-electron chi connectivity index (χ3n) is 4.38. The molecule has 4 rings (SSSR count). The lowest BCUT2D eigenvalue weighted by Crippen LogP contribution is -2.00. The fourth-order valence-corrected chi connectivity index (χ4v) is 3.90. The zero-order valence-electron chi connectivity index (χ0n) is 14.8. The van der Waals surface area contributed by atoms with Gasteiger partial charge in [-0.15, -0.1) is 11.3 Å². The number of thiazole rings is 1. The number of hydrogen-bond acceptors (Lipinski definition) is 6. The van der Waals surface area contributed by atoms with Crippen LogP contribution < -0.4 is 5.32 Å². The van der Waals surface area contributed by atoms with Crippen molar-refractivity contribution in [3.05, 3.63) is 52.8 Å². The van der Waals surface area contributed by atoms with Crippen molar-refractivity contribution in [2.75, 3.05) is 5.32 Å². The van der Waals surface area contributed by atoms with E-state index >= 15 is 0 Å². The summed E-state index contributed by atoms with van der Waals surface area (Å²) in [6.07, 6.45) is 5.14. The van der Waals surface area contributed by atoms with E-state index in [0.717, 1.165) is 27.7 Å². The first-order valence-electron chi connectivity index (χ1n) is 8.85. The van der Waals surface area contributed by atoms with Crippen molar-refractivity contribution in [3.8, 4) is 10.6 Å². The lowest BCUT2D eigenvalue weighted by molar-refractivity contribution is 0.101. The molecule has 0 bridgehead atoms. The third-order valence-corrected chi connectivity index (χ3v) is 5.62. The molecule has 0 saturated heterocycles. The van der Waals surface area contributed by atoms with Crippen LogP contribution in [-0.2, 0) is 6.42 Å². The number of carbonyl (C=O) groups excluding carboxylic acids is 1. The molecule has 0 amide bonds. The summed E-state index contributed by atoms with van der Waals surface area (Å²) < 4.78 is 0. The van der Waals surface area contributed by atoms with Gasteiger partial charge in [0.1, 0.15) is 0 Å². The average Bonchev–Trinajstić information content (AvgIpc) is 3.41. The Morgan fingerprint density at radius 3 is 2.85 bits per heavy atom. The lowest BCUT2D eigenvalue weighted by atomic mass is 10.1. The number of carbonyl (C=O) groups is 1. The fourth-order valence-electron chi connectivity index (χ4n) is 2.84. The van der Waals surface area contributed by atoms with E-state index in [9.17, 15) is 4.79 Å². The third kappa shape index (κ3) is 3.51. The maximum Gasteiger partial charge on any atom is 0.227 e. The molecule has 132 valence electrons. The molecule has 0 unspecified atom stereocenters.